The van der Waals surface area contributed by atoms with Gasteiger partial charge in [-0.1, -0.05) is 12.1 Å². The molecule has 1 aromatic carbocycles. The van der Waals surface area contributed by atoms with Crippen LogP contribution in [0.15, 0.2) is 42.7 Å². The number of hydrogen-bond donors (Lipinski definition) is 3. The van der Waals surface area contributed by atoms with Crippen LogP contribution in [0.4, 0.5) is 9.80 Å². The topological polar surface area (TPSA) is 138 Å². The number of carbonyl (C=O) groups excluding carboxylic acids is 2. The van der Waals surface area contributed by atoms with Crippen molar-refractivity contribution in [3.8, 4) is 17.4 Å². The van der Waals surface area contributed by atoms with Crippen LogP contribution in [0.5, 0.6) is 17.4 Å². The summed E-state index contributed by atoms with van der Waals surface area (Å²) in [6, 6.07) is 8.72. The van der Waals surface area contributed by atoms with Gasteiger partial charge in [-0.25, -0.2) is 4.79 Å². The molecule has 3 aromatic rings. The van der Waals surface area contributed by atoms with Gasteiger partial charge < -0.3 is 25.3 Å². The Labute approximate surface area is 195 Å². The average molecular weight is 472 g/mol. The monoisotopic (exact) mass is 471 g/mol. The van der Waals surface area contributed by atoms with Gasteiger partial charge in [-0.05, 0) is 48.6 Å². The van der Waals surface area contributed by atoms with Crippen molar-refractivity contribution in [2.75, 3.05) is 25.6 Å². The second-order valence-corrected chi connectivity index (χ2v) is 7.53. The maximum absolute atomic E-state index is 12.3. The molecule has 2 aromatic heterocycles. The molecule has 0 unspecified atom stereocenters. The molecular formula is C22H25N5O5S. The Morgan fingerprint density at radius 3 is 2.70 bits per heavy atom. The fourth-order valence-corrected chi connectivity index (χ4v) is 3.66. The summed E-state index contributed by atoms with van der Waals surface area (Å²) in [5.74, 6) is 0.614. The summed E-state index contributed by atoms with van der Waals surface area (Å²) >= 11 is 0.915. The molecule has 0 saturated carbocycles. The normalized spacial score (nSPS) is 10.4. The van der Waals surface area contributed by atoms with E-state index in [1.165, 1.54) is 0 Å². The number of hydrogen-bond acceptors (Lipinski definition) is 8. The number of carbonyl (C=O) groups is 2. The van der Waals surface area contributed by atoms with E-state index in [4.69, 9.17) is 19.9 Å². The predicted octanol–water partition coefficient (Wildman–Crippen LogP) is 2.99. The fraction of sp³-hybridized carbons (Fsp3) is 0.273. The number of amides is 3. The molecular weight excluding hydrogens is 446 g/mol. The fourth-order valence-electron chi connectivity index (χ4n) is 2.92. The molecule has 11 heteroatoms. The molecule has 0 radical (unpaired) electrons. The van der Waals surface area contributed by atoms with E-state index in [2.05, 4.69) is 20.0 Å². The highest BCUT2D eigenvalue weighted by Crippen LogP contribution is 2.31. The highest BCUT2D eigenvalue weighted by Gasteiger charge is 2.22. The SMILES string of the molecule is CCOc1ccc(CCNC(=O)Nc2snc(OCc3cccnc3)c2C(N)=O)cc1OC. The van der Waals surface area contributed by atoms with E-state index in [0.717, 1.165) is 22.7 Å². The number of nitrogens with one attached hydrogen (secondary N) is 2. The molecule has 0 aliphatic carbocycles. The largest absolute Gasteiger partial charge is 0.493 e. The Bertz CT molecular complexity index is 1090. The zero-order valence-electron chi connectivity index (χ0n) is 18.3. The van der Waals surface area contributed by atoms with E-state index >= 15 is 0 Å². The number of nitrogens with two attached hydrogens (primary N) is 1. The van der Waals surface area contributed by atoms with E-state index in [1.54, 1.807) is 25.6 Å². The molecule has 3 rings (SSSR count). The van der Waals surface area contributed by atoms with Crippen LogP contribution in [0.3, 0.4) is 0 Å². The zero-order valence-corrected chi connectivity index (χ0v) is 19.1. The molecule has 3 amide bonds. The van der Waals surface area contributed by atoms with Crippen molar-refractivity contribution < 1.29 is 23.8 Å². The summed E-state index contributed by atoms with van der Waals surface area (Å²) in [4.78, 5) is 28.3. The van der Waals surface area contributed by atoms with Crippen LogP contribution in [0.25, 0.3) is 0 Å². The molecule has 0 aliphatic rings. The second kappa shape index (κ2) is 11.7. The number of anilines is 1. The lowest BCUT2D eigenvalue weighted by molar-refractivity contribution is 0.0996. The molecule has 0 aliphatic heterocycles. The number of primary amides is 1. The minimum atomic E-state index is -0.748. The van der Waals surface area contributed by atoms with Crippen molar-refractivity contribution in [1.82, 2.24) is 14.7 Å². The highest BCUT2D eigenvalue weighted by molar-refractivity contribution is 7.11. The standard InChI is InChI=1S/C22H25N5O5S/c1-3-31-16-7-6-14(11-17(16)30-2)8-10-25-22(29)26-21-18(19(23)28)20(27-33-21)32-13-15-5-4-9-24-12-15/h4-7,9,11-12H,3,8,10,13H2,1-2H3,(H2,23,28)(H2,25,26,29). The molecule has 0 saturated heterocycles. The number of rotatable bonds is 11. The number of aromatic nitrogens is 2. The quantitative estimate of drug-likeness (QED) is 0.391. The van der Waals surface area contributed by atoms with E-state index in [0.29, 0.717) is 31.1 Å². The van der Waals surface area contributed by atoms with Gasteiger partial charge >= 0.3 is 6.03 Å². The number of nitrogens with zero attached hydrogens (tertiary/aromatic N) is 2. The maximum atomic E-state index is 12.3. The molecule has 0 spiro atoms. The van der Waals surface area contributed by atoms with E-state index in [1.807, 2.05) is 31.2 Å². The summed E-state index contributed by atoms with van der Waals surface area (Å²) in [6.07, 6.45) is 3.86. The summed E-state index contributed by atoms with van der Waals surface area (Å²) in [5.41, 5.74) is 7.28. The van der Waals surface area contributed by atoms with Gasteiger partial charge in [-0.15, -0.1) is 0 Å². The van der Waals surface area contributed by atoms with Crippen LogP contribution in [-0.2, 0) is 13.0 Å². The molecule has 0 atom stereocenters. The van der Waals surface area contributed by atoms with Gasteiger partial charge in [0.15, 0.2) is 11.5 Å². The molecule has 2 heterocycles. The first-order chi connectivity index (χ1) is 16.0. The minimum Gasteiger partial charge on any atom is -0.493 e. The molecule has 0 fully saturated rings. The third-order valence-corrected chi connectivity index (χ3v) is 5.21. The highest BCUT2D eigenvalue weighted by atomic mass is 32.1. The van der Waals surface area contributed by atoms with Gasteiger partial charge in [0.05, 0.1) is 13.7 Å². The lowest BCUT2D eigenvalue weighted by Gasteiger charge is -2.11. The van der Waals surface area contributed by atoms with Crippen molar-refractivity contribution in [2.45, 2.75) is 20.0 Å². The lowest BCUT2D eigenvalue weighted by Crippen LogP contribution is -2.31. The Balaban J connectivity index is 1.55. The summed E-state index contributed by atoms with van der Waals surface area (Å²) in [6.45, 7) is 2.96. The van der Waals surface area contributed by atoms with Gasteiger partial charge in [0.1, 0.15) is 17.2 Å². The Hall–Kier alpha value is -3.86. The van der Waals surface area contributed by atoms with E-state index in [-0.39, 0.29) is 23.1 Å². The smallest absolute Gasteiger partial charge is 0.319 e. The van der Waals surface area contributed by atoms with Crippen molar-refractivity contribution in [3.05, 3.63) is 59.4 Å². The number of ether oxygens (including phenoxy) is 3. The molecule has 0 bridgehead atoms. The maximum Gasteiger partial charge on any atom is 0.319 e. The van der Waals surface area contributed by atoms with E-state index in [9.17, 15) is 9.59 Å². The summed E-state index contributed by atoms with van der Waals surface area (Å²) < 4.78 is 20.6. The van der Waals surface area contributed by atoms with Crippen LogP contribution < -0.4 is 30.6 Å². The van der Waals surface area contributed by atoms with Gasteiger partial charge in [0, 0.05) is 24.5 Å². The van der Waals surface area contributed by atoms with Crippen molar-refractivity contribution in [3.63, 3.8) is 0 Å². The van der Waals surface area contributed by atoms with Crippen molar-refractivity contribution >= 4 is 28.5 Å². The number of urea groups is 1. The zero-order chi connectivity index (χ0) is 23.6. The van der Waals surface area contributed by atoms with Crippen LogP contribution >= 0.6 is 11.5 Å². The Morgan fingerprint density at radius 2 is 2.00 bits per heavy atom. The van der Waals surface area contributed by atoms with Gasteiger partial charge in [0.25, 0.3) is 5.91 Å². The molecule has 174 valence electrons. The van der Waals surface area contributed by atoms with Crippen LogP contribution in [-0.4, -0.2) is 41.6 Å². The van der Waals surface area contributed by atoms with Crippen molar-refractivity contribution in [1.29, 1.82) is 0 Å². The number of benzene rings is 1. The predicted molar refractivity (Wildman–Crippen MR) is 124 cm³/mol. The lowest BCUT2D eigenvalue weighted by atomic mass is 10.1. The average Bonchev–Trinajstić information content (AvgIpc) is 3.22. The Morgan fingerprint density at radius 1 is 1.15 bits per heavy atom. The van der Waals surface area contributed by atoms with Crippen LogP contribution in [0.1, 0.15) is 28.4 Å². The molecule has 10 nitrogen and oxygen atoms in total. The summed E-state index contributed by atoms with van der Waals surface area (Å²) in [5, 5.41) is 5.57. The first-order valence-corrected chi connectivity index (χ1v) is 10.9. The van der Waals surface area contributed by atoms with Crippen LogP contribution in [0, 0.1) is 0 Å². The van der Waals surface area contributed by atoms with Gasteiger partial charge in [-0.2, -0.15) is 4.37 Å². The number of pyridine rings is 1. The minimum absolute atomic E-state index is 0.0234. The third-order valence-electron chi connectivity index (χ3n) is 4.46. The molecule has 4 N–H and O–H groups in total. The molecule has 33 heavy (non-hydrogen) atoms. The summed E-state index contributed by atoms with van der Waals surface area (Å²) in [7, 11) is 1.58. The van der Waals surface area contributed by atoms with Gasteiger partial charge in [0.2, 0.25) is 5.88 Å². The first-order valence-electron chi connectivity index (χ1n) is 10.2. The second-order valence-electron chi connectivity index (χ2n) is 6.76. The number of methoxy groups -OCH3 is 1. The third kappa shape index (κ3) is 6.56. The van der Waals surface area contributed by atoms with E-state index < -0.39 is 11.9 Å². The Kier molecular flexibility index (Phi) is 8.42. The van der Waals surface area contributed by atoms with Crippen LogP contribution in [0.2, 0.25) is 0 Å². The van der Waals surface area contributed by atoms with Crippen molar-refractivity contribution in [2.24, 2.45) is 5.73 Å². The first kappa shape index (κ1) is 23.8. The van der Waals surface area contributed by atoms with Gasteiger partial charge in [-0.3, -0.25) is 15.1 Å².